The van der Waals surface area contributed by atoms with Crippen molar-refractivity contribution in [3.05, 3.63) is 78.2 Å². The average Bonchev–Trinajstić information content (AvgIpc) is 3.12. The van der Waals surface area contributed by atoms with Crippen molar-refractivity contribution in [2.24, 2.45) is 0 Å². The lowest BCUT2D eigenvalue weighted by atomic mass is 10.2. The molecule has 28 heavy (non-hydrogen) atoms. The molecule has 0 amide bonds. The van der Waals surface area contributed by atoms with Crippen molar-refractivity contribution >= 4 is 11.6 Å². The molecule has 0 aliphatic rings. The van der Waals surface area contributed by atoms with E-state index in [4.69, 9.17) is 4.74 Å². The first-order valence-corrected chi connectivity index (χ1v) is 9.01. The second-order valence-electron chi connectivity index (χ2n) is 6.48. The summed E-state index contributed by atoms with van der Waals surface area (Å²) >= 11 is 0. The molecule has 2 heterocycles. The number of aromatic nitrogens is 4. The normalized spacial score (nSPS) is 10.7. The molecule has 0 aliphatic carbocycles. The van der Waals surface area contributed by atoms with Gasteiger partial charge in [-0.15, -0.1) is 0 Å². The van der Waals surface area contributed by atoms with Crippen LogP contribution in [0.4, 0.5) is 11.6 Å². The minimum atomic E-state index is 0.559. The van der Waals surface area contributed by atoms with E-state index in [-0.39, 0.29) is 0 Å². The number of hydrogen-bond acceptors (Lipinski definition) is 5. The summed E-state index contributed by atoms with van der Waals surface area (Å²) < 4.78 is 7.07. The van der Waals surface area contributed by atoms with Crippen molar-refractivity contribution in [3.63, 3.8) is 0 Å². The van der Waals surface area contributed by atoms with Gasteiger partial charge in [0.15, 0.2) is 0 Å². The Morgan fingerprint density at radius 1 is 0.964 bits per heavy atom. The third-order valence-corrected chi connectivity index (χ3v) is 4.56. The van der Waals surface area contributed by atoms with Gasteiger partial charge in [-0.3, -0.25) is 0 Å². The van der Waals surface area contributed by atoms with Crippen LogP contribution in [-0.2, 0) is 0 Å². The molecule has 0 aliphatic heterocycles. The van der Waals surface area contributed by atoms with Crippen molar-refractivity contribution in [1.82, 2.24) is 19.7 Å². The highest BCUT2D eigenvalue weighted by atomic mass is 16.5. The molecule has 2 aromatic carbocycles. The van der Waals surface area contributed by atoms with E-state index < -0.39 is 0 Å². The lowest BCUT2D eigenvalue weighted by Crippen LogP contribution is -1.99. The van der Waals surface area contributed by atoms with E-state index in [2.05, 4.69) is 33.4 Å². The number of hydrogen-bond donors (Lipinski definition) is 1. The third-order valence-electron chi connectivity index (χ3n) is 4.56. The Balaban J connectivity index is 1.64. The summed E-state index contributed by atoms with van der Waals surface area (Å²) in [6, 6.07) is 17.7. The van der Waals surface area contributed by atoms with Crippen LogP contribution < -0.4 is 10.1 Å². The topological polar surface area (TPSA) is 64.9 Å². The van der Waals surface area contributed by atoms with Crippen LogP contribution in [0.3, 0.4) is 0 Å². The minimum Gasteiger partial charge on any atom is -0.497 e. The molecule has 4 aromatic rings. The number of methoxy groups -OCH3 is 1. The van der Waals surface area contributed by atoms with Crippen LogP contribution in [0, 0.1) is 13.8 Å². The van der Waals surface area contributed by atoms with Gasteiger partial charge in [-0.25, -0.2) is 14.6 Å². The molecule has 6 nitrogen and oxygen atoms in total. The zero-order valence-electron chi connectivity index (χ0n) is 16.0. The monoisotopic (exact) mass is 371 g/mol. The van der Waals surface area contributed by atoms with Gasteiger partial charge < -0.3 is 10.1 Å². The summed E-state index contributed by atoms with van der Waals surface area (Å²) in [5.41, 5.74) is 5.78. The third kappa shape index (κ3) is 3.57. The number of rotatable bonds is 5. The molecule has 0 bridgehead atoms. The van der Waals surface area contributed by atoms with E-state index in [1.165, 1.54) is 0 Å². The molecular weight excluding hydrogens is 350 g/mol. The SMILES string of the molecule is COc1ccc(-n2cc(-c3ccnc(Nc4ccccc4C)n3)c(C)n2)cc1. The van der Waals surface area contributed by atoms with Gasteiger partial charge >= 0.3 is 0 Å². The number of nitrogens with one attached hydrogen (secondary N) is 1. The van der Waals surface area contributed by atoms with Crippen LogP contribution in [0.25, 0.3) is 16.9 Å². The van der Waals surface area contributed by atoms with Crippen LogP contribution in [0.5, 0.6) is 5.75 Å². The summed E-state index contributed by atoms with van der Waals surface area (Å²) in [6.45, 7) is 4.03. The van der Waals surface area contributed by atoms with Crippen LogP contribution in [0.15, 0.2) is 67.0 Å². The lowest BCUT2D eigenvalue weighted by Gasteiger charge is -2.08. The zero-order chi connectivity index (χ0) is 19.5. The van der Waals surface area contributed by atoms with Crippen molar-refractivity contribution in [1.29, 1.82) is 0 Å². The summed E-state index contributed by atoms with van der Waals surface area (Å²) in [6.07, 6.45) is 3.74. The van der Waals surface area contributed by atoms with Gasteiger partial charge in [-0.2, -0.15) is 5.10 Å². The fraction of sp³-hybridized carbons (Fsp3) is 0.136. The molecule has 0 spiro atoms. The standard InChI is InChI=1S/C22H21N5O/c1-15-6-4-5-7-20(15)24-22-23-13-12-21(25-22)19-14-27(26-16(19)2)17-8-10-18(28-3)11-9-17/h4-14H,1-3H3,(H,23,24,25). The lowest BCUT2D eigenvalue weighted by molar-refractivity contribution is 0.414. The van der Waals surface area contributed by atoms with Gasteiger partial charge in [0.1, 0.15) is 5.75 Å². The maximum atomic E-state index is 5.22. The van der Waals surface area contributed by atoms with Gasteiger partial charge in [-0.05, 0) is 55.8 Å². The maximum Gasteiger partial charge on any atom is 0.227 e. The Morgan fingerprint density at radius 2 is 1.75 bits per heavy atom. The van der Waals surface area contributed by atoms with Crippen LogP contribution >= 0.6 is 0 Å². The predicted octanol–water partition coefficient (Wildman–Crippen LogP) is 4.70. The van der Waals surface area contributed by atoms with E-state index in [0.29, 0.717) is 5.95 Å². The highest BCUT2D eigenvalue weighted by Gasteiger charge is 2.11. The number of ether oxygens (including phenoxy) is 1. The van der Waals surface area contributed by atoms with Gasteiger partial charge in [0.2, 0.25) is 5.95 Å². The first-order chi connectivity index (χ1) is 13.6. The second kappa shape index (κ2) is 7.52. The molecule has 2 aromatic heterocycles. The first kappa shape index (κ1) is 17.7. The van der Waals surface area contributed by atoms with Gasteiger partial charge in [-0.1, -0.05) is 18.2 Å². The highest BCUT2D eigenvalue weighted by Crippen LogP contribution is 2.25. The average molecular weight is 371 g/mol. The molecule has 0 fully saturated rings. The van der Waals surface area contributed by atoms with Crippen molar-refractivity contribution < 1.29 is 4.74 Å². The molecule has 4 rings (SSSR count). The van der Waals surface area contributed by atoms with E-state index in [1.54, 1.807) is 13.3 Å². The second-order valence-corrected chi connectivity index (χ2v) is 6.48. The van der Waals surface area contributed by atoms with E-state index in [1.807, 2.05) is 66.3 Å². The quantitative estimate of drug-likeness (QED) is 0.551. The first-order valence-electron chi connectivity index (χ1n) is 9.01. The van der Waals surface area contributed by atoms with E-state index in [0.717, 1.165) is 39.6 Å². The molecule has 0 saturated heterocycles. The maximum absolute atomic E-state index is 5.22. The Labute approximate surface area is 163 Å². The summed E-state index contributed by atoms with van der Waals surface area (Å²) in [5, 5.41) is 7.93. The number of nitrogens with zero attached hydrogens (tertiary/aromatic N) is 4. The van der Waals surface area contributed by atoms with Gasteiger partial charge in [0.05, 0.1) is 24.2 Å². The molecule has 0 atom stereocenters. The zero-order valence-corrected chi connectivity index (χ0v) is 16.0. The summed E-state index contributed by atoms with van der Waals surface area (Å²) in [4.78, 5) is 9.03. The number of para-hydroxylation sites is 1. The number of anilines is 2. The fourth-order valence-corrected chi connectivity index (χ4v) is 2.98. The fourth-order valence-electron chi connectivity index (χ4n) is 2.98. The molecule has 0 radical (unpaired) electrons. The largest absolute Gasteiger partial charge is 0.497 e. The van der Waals surface area contributed by atoms with Crippen molar-refractivity contribution in [3.8, 4) is 22.7 Å². The summed E-state index contributed by atoms with van der Waals surface area (Å²) in [5.74, 6) is 1.37. The van der Waals surface area contributed by atoms with Gasteiger partial charge in [0.25, 0.3) is 0 Å². The molecule has 6 heteroatoms. The molecule has 140 valence electrons. The van der Waals surface area contributed by atoms with Crippen LogP contribution in [0.1, 0.15) is 11.3 Å². The van der Waals surface area contributed by atoms with Crippen molar-refractivity contribution in [2.75, 3.05) is 12.4 Å². The summed E-state index contributed by atoms with van der Waals surface area (Å²) in [7, 11) is 1.66. The minimum absolute atomic E-state index is 0.559. The Bertz CT molecular complexity index is 1100. The number of aryl methyl sites for hydroxylation is 2. The van der Waals surface area contributed by atoms with Crippen molar-refractivity contribution in [2.45, 2.75) is 13.8 Å². The molecule has 0 saturated carbocycles. The molecule has 0 unspecified atom stereocenters. The Kier molecular flexibility index (Phi) is 4.76. The van der Waals surface area contributed by atoms with E-state index >= 15 is 0 Å². The molecule has 1 N–H and O–H groups in total. The molecular formula is C22H21N5O. The highest BCUT2D eigenvalue weighted by molar-refractivity contribution is 5.65. The number of benzene rings is 2. The Morgan fingerprint density at radius 3 is 2.50 bits per heavy atom. The predicted molar refractivity (Wildman–Crippen MR) is 110 cm³/mol. The van der Waals surface area contributed by atoms with Crippen LogP contribution in [0.2, 0.25) is 0 Å². The smallest absolute Gasteiger partial charge is 0.227 e. The Hall–Kier alpha value is -3.67. The van der Waals surface area contributed by atoms with E-state index in [9.17, 15) is 0 Å². The van der Waals surface area contributed by atoms with Crippen LogP contribution in [-0.4, -0.2) is 26.9 Å². The van der Waals surface area contributed by atoms with Gasteiger partial charge in [0, 0.05) is 23.6 Å².